The third-order valence-corrected chi connectivity index (χ3v) is 4.47. The van der Waals surface area contributed by atoms with Gasteiger partial charge in [-0.2, -0.15) is 5.26 Å². The zero-order valence-corrected chi connectivity index (χ0v) is 15.0. The average molecular weight is 339 g/mol. The van der Waals surface area contributed by atoms with Crippen molar-refractivity contribution in [2.45, 2.75) is 32.1 Å². The quantitative estimate of drug-likeness (QED) is 0.809. The molecule has 1 unspecified atom stereocenters. The van der Waals surface area contributed by atoms with Gasteiger partial charge in [0.15, 0.2) is 5.88 Å². The van der Waals surface area contributed by atoms with E-state index < -0.39 is 5.56 Å². The maximum atomic E-state index is 12.2. The summed E-state index contributed by atoms with van der Waals surface area (Å²) in [5.74, 6) is -0.0568. The van der Waals surface area contributed by atoms with Gasteiger partial charge in [0.1, 0.15) is 11.6 Å². The summed E-state index contributed by atoms with van der Waals surface area (Å²) in [7, 11) is 4.06. The molecule has 5 nitrogen and oxygen atoms in total. The SMILES string of the molecule is CCC(CCCN(C)C)c1c(O)[nH]c(=O)c(C#N)c1-c1ccccc1. The van der Waals surface area contributed by atoms with E-state index in [4.69, 9.17) is 0 Å². The van der Waals surface area contributed by atoms with Gasteiger partial charge >= 0.3 is 0 Å². The molecule has 0 spiro atoms. The van der Waals surface area contributed by atoms with Crippen LogP contribution in [0.2, 0.25) is 0 Å². The Labute approximate surface area is 148 Å². The number of benzene rings is 1. The number of aromatic nitrogens is 1. The Balaban J connectivity index is 2.59. The van der Waals surface area contributed by atoms with Gasteiger partial charge in [0.2, 0.25) is 0 Å². The van der Waals surface area contributed by atoms with Crippen LogP contribution in [0.1, 0.15) is 43.2 Å². The summed E-state index contributed by atoms with van der Waals surface area (Å²) in [6, 6.07) is 11.4. The molecule has 2 N–H and O–H groups in total. The first-order valence-electron chi connectivity index (χ1n) is 8.58. The molecule has 0 saturated heterocycles. The van der Waals surface area contributed by atoms with E-state index in [1.54, 1.807) is 0 Å². The number of nitrogens with one attached hydrogen (secondary N) is 1. The molecule has 0 amide bonds. The highest BCUT2D eigenvalue weighted by Gasteiger charge is 2.24. The number of aromatic amines is 1. The van der Waals surface area contributed by atoms with Crippen molar-refractivity contribution in [2.24, 2.45) is 0 Å². The van der Waals surface area contributed by atoms with Gasteiger partial charge in [0, 0.05) is 11.1 Å². The van der Waals surface area contributed by atoms with Gasteiger partial charge in [-0.25, -0.2) is 0 Å². The molecular weight excluding hydrogens is 314 g/mol. The molecule has 1 aromatic heterocycles. The molecule has 0 fully saturated rings. The van der Waals surface area contributed by atoms with Gasteiger partial charge in [-0.1, -0.05) is 37.3 Å². The van der Waals surface area contributed by atoms with Crippen molar-refractivity contribution in [1.82, 2.24) is 9.88 Å². The van der Waals surface area contributed by atoms with Gasteiger partial charge < -0.3 is 10.0 Å². The summed E-state index contributed by atoms with van der Waals surface area (Å²) in [4.78, 5) is 16.8. The number of H-pyrrole nitrogens is 1. The Morgan fingerprint density at radius 1 is 1.28 bits per heavy atom. The molecule has 1 atom stereocenters. The van der Waals surface area contributed by atoms with Crippen molar-refractivity contribution in [3.8, 4) is 23.1 Å². The molecule has 0 aliphatic heterocycles. The van der Waals surface area contributed by atoms with Gasteiger partial charge in [0.05, 0.1) is 0 Å². The number of pyridine rings is 1. The molecule has 25 heavy (non-hydrogen) atoms. The Morgan fingerprint density at radius 3 is 2.52 bits per heavy atom. The largest absolute Gasteiger partial charge is 0.494 e. The summed E-state index contributed by atoms with van der Waals surface area (Å²) < 4.78 is 0. The second kappa shape index (κ2) is 8.50. The van der Waals surface area contributed by atoms with E-state index in [9.17, 15) is 15.2 Å². The van der Waals surface area contributed by atoms with Gasteiger partial charge in [-0.05, 0) is 51.4 Å². The summed E-state index contributed by atoms with van der Waals surface area (Å²) in [5, 5.41) is 20.0. The van der Waals surface area contributed by atoms with Crippen molar-refractivity contribution in [1.29, 1.82) is 5.26 Å². The zero-order chi connectivity index (χ0) is 18.4. The molecule has 0 saturated carbocycles. The van der Waals surface area contributed by atoms with Gasteiger partial charge in [-0.3, -0.25) is 9.78 Å². The predicted octanol–water partition coefficient (Wildman–Crippen LogP) is 3.45. The monoisotopic (exact) mass is 339 g/mol. The molecule has 0 radical (unpaired) electrons. The Bertz CT molecular complexity index is 804. The van der Waals surface area contributed by atoms with E-state index in [2.05, 4.69) is 16.8 Å². The van der Waals surface area contributed by atoms with E-state index >= 15 is 0 Å². The molecular formula is C20H25N3O2. The number of hydrogen-bond donors (Lipinski definition) is 2. The lowest BCUT2D eigenvalue weighted by atomic mass is 9.85. The fourth-order valence-corrected chi connectivity index (χ4v) is 3.22. The maximum absolute atomic E-state index is 12.2. The first-order chi connectivity index (χ1) is 12.0. The van der Waals surface area contributed by atoms with Crippen LogP contribution in [0.3, 0.4) is 0 Å². The first kappa shape index (κ1) is 18.8. The molecule has 5 heteroatoms. The number of nitriles is 1. The van der Waals surface area contributed by atoms with Crippen LogP contribution in [-0.4, -0.2) is 35.6 Å². The van der Waals surface area contributed by atoms with E-state index in [1.807, 2.05) is 50.5 Å². The number of hydrogen-bond acceptors (Lipinski definition) is 4. The standard InChI is InChI=1S/C20H25N3O2/c1-4-14(11-8-12-23(2)3)18-17(15-9-6-5-7-10-15)16(13-21)19(24)22-20(18)25/h5-7,9-10,14H,4,8,11-12H2,1-3H3,(H2,22,24,25). The van der Waals surface area contributed by atoms with E-state index in [0.717, 1.165) is 31.4 Å². The van der Waals surface area contributed by atoms with Crippen LogP contribution in [0, 0.1) is 11.3 Å². The molecule has 0 aliphatic rings. The van der Waals surface area contributed by atoms with Crippen LogP contribution in [0.25, 0.3) is 11.1 Å². The van der Waals surface area contributed by atoms with Crippen LogP contribution in [0.4, 0.5) is 0 Å². The van der Waals surface area contributed by atoms with Crippen LogP contribution in [-0.2, 0) is 0 Å². The normalized spacial score (nSPS) is 12.1. The molecule has 0 bridgehead atoms. The van der Waals surface area contributed by atoms with Crippen molar-refractivity contribution < 1.29 is 5.11 Å². The Hall–Kier alpha value is -2.58. The minimum atomic E-state index is -0.550. The highest BCUT2D eigenvalue weighted by atomic mass is 16.3. The third-order valence-electron chi connectivity index (χ3n) is 4.47. The Morgan fingerprint density at radius 2 is 1.96 bits per heavy atom. The summed E-state index contributed by atoms with van der Waals surface area (Å²) in [6.07, 6.45) is 2.66. The minimum Gasteiger partial charge on any atom is -0.494 e. The molecule has 0 aliphatic carbocycles. The van der Waals surface area contributed by atoms with E-state index in [0.29, 0.717) is 11.1 Å². The van der Waals surface area contributed by atoms with E-state index in [1.165, 1.54) is 0 Å². The number of nitrogens with zero attached hydrogens (tertiary/aromatic N) is 2. The number of aromatic hydroxyl groups is 1. The summed E-state index contributed by atoms with van der Waals surface area (Å²) in [5.41, 5.74) is 1.52. The highest BCUT2D eigenvalue weighted by Crippen LogP contribution is 2.39. The lowest BCUT2D eigenvalue weighted by Gasteiger charge is -2.22. The zero-order valence-electron chi connectivity index (χ0n) is 15.0. The lowest BCUT2D eigenvalue weighted by Crippen LogP contribution is -2.17. The lowest BCUT2D eigenvalue weighted by molar-refractivity contribution is 0.378. The maximum Gasteiger partial charge on any atom is 0.269 e. The van der Waals surface area contributed by atoms with Gasteiger partial charge in [-0.15, -0.1) is 0 Å². The smallest absolute Gasteiger partial charge is 0.269 e. The van der Waals surface area contributed by atoms with E-state index in [-0.39, 0.29) is 17.4 Å². The predicted molar refractivity (Wildman–Crippen MR) is 99.7 cm³/mol. The second-order valence-corrected chi connectivity index (χ2v) is 6.49. The average Bonchev–Trinajstić information content (AvgIpc) is 2.59. The van der Waals surface area contributed by atoms with Crippen LogP contribution in [0.5, 0.6) is 5.88 Å². The number of rotatable bonds is 7. The Kier molecular flexibility index (Phi) is 6.37. The molecule has 2 aromatic rings. The van der Waals surface area contributed by atoms with Gasteiger partial charge in [0.25, 0.3) is 5.56 Å². The van der Waals surface area contributed by atoms with Crippen LogP contribution >= 0.6 is 0 Å². The highest BCUT2D eigenvalue weighted by molar-refractivity contribution is 5.75. The molecule has 132 valence electrons. The topological polar surface area (TPSA) is 80.1 Å². The molecule has 2 rings (SSSR count). The summed E-state index contributed by atoms with van der Waals surface area (Å²) in [6.45, 7) is 3.01. The first-order valence-corrected chi connectivity index (χ1v) is 8.58. The summed E-state index contributed by atoms with van der Waals surface area (Å²) >= 11 is 0. The third kappa shape index (κ3) is 4.28. The van der Waals surface area contributed by atoms with Crippen molar-refractivity contribution >= 4 is 0 Å². The fourth-order valence-electron chi connectivity index (χ4n) is 3.22. The molecule has 1 aromatic carbocycles. The van der Waals surface area contributed by atoms with Crippen LogP contribution < -0.4 is 5.56 Å². The second-order valence-electron chi connectivity index (χ2n) is 6.49. The van der Waals surface area contributed by atoms with Crippen LogP contribution in [0.15, 0.2) is 35.1 Å². The van der Waals surface area contributed by atoms with Crippen molar-refractivity contribution in [2.75, 3.05) is 20.6 Å². The van der Waals surface area contributed by atoms with Crippen molar-refractivity contribution in [3.63, 3.8) is 0 Å². The molecule has 1 heterocycles. The fraction of sp³-hybridized carbons (Fsp3) is 0.400. The van der Waals surface area contributed by atoms with Crippen molar-refractivity contribution in [3.05, 3.63) is 51.8 Å². The minimum absolute atomic E-state index is 0.0602.